The Hall–Kier alpha value is -1.46. The summed E-state index contributed by atoms with van der Waals surface area (Å²) < 4.78 is 5.03. The SMILES string of the molecule is COCC(CCN)NC(=O)c1cccc(C)n1. The van der Waals surface area contributed by atoms with E-state index in [1.807, 2.05) is 19.1 Å². The highest BCUT2D eigenvalue weighted by molar-refractivity contribution is 5.92. The van der Waals surface area contributed by atoms with Crippen LogP contribution in [0.4, 0.5) is 0 Å². The third-order valence-corrected chi connectivity index (χ3v) is 2.34. The first-order valence-corrected chi connectivity index (χ1v) is 5.61. The van der Waals surface area contributed by atoms with Crippen LogP contribution in [0, 0.1) is 6.92 Å². The summed E-state index contributed by atoms with van der Waals surface area (Å²) in [6.45, 7) is 2.81. The second-order valence-electron chi connectivity index (χ2n) is 3.87. The fourth-order valence-electron chi connectivity index (χ4n) is 1.53. The van der Waals surface area contributed by atoms with E-state index in [4.69, 9.17) is 10.5 Å². The van der Waals surface area contributed by atoms with Gasteiger partial charge >= 0.3 is 0 Å². The van der Waals surface area contributed by atoms with Gasteiger partial charge in [-0.2, -0.15) is 0 Å². The molecule has 1 unspecified atom stereocenters. The Morgan fingerprint density at radius 2 is 2.35 bits per heavy atom. The Bertz CT molecular complexity index is 363. The molecule has 1 aromatic rings. The zero-order valence-electron chi connectivity index (χ0n) is 10.3. The van der Waals surface area contributed by atoms with Gasteiger partial charge in [0.2, 0.25) is 0 Å². The lowest BCUT2D eigenvalue weighted by Gasteiger charge is -2.16. The highest BCUT2D eigenvalue weighted by Crippen LogP contribution is 2.00. The first-order valence-electron chi connectivity index (χ1n) is 5.61. The van der Waals surface area contributed by atoms with E-state index < -0.39 is 0 Å². The Labute approximate surface area is 101 Å². The first kappa shape index (κ1) is 13.6. The fraction of sp³-hybridized carbons (Fsp3) is 0.500. The smallest absolute Gasteiger partial charge is 0.270 e. The highest BCUT2D eigenvalue weighted by Gasteiger charge is 2.13. The quantitative estimate of drug-likeness (QED) is 0.754. The minimum absolute atomic E-state index is 0.0696. The number of rotatable bonds is 6. The van der Waals surface area contributed by atoms with Crippen LogP contribution in [0.25, 0.3) is 0 Å². The van der Waals surface area contributed by atoms with Crippen LogP contribution in [-0.2, 0) is 4.74 Å². The van der Waals surface area contributed by atoms with E-state index in [0.717, 1.165) is 5.69 Å². The number of carbonyl (C=O) groups is 1. The minimum Gasteiger partial charge on any atom is -0.383 e. The maximum absolute atomic E-state index is 11.9. The summed E-state index contributed by atoms with van der Waals surface area (Å²) in [7, 11) is 1.60. The lowest BCUT2D eigenvalue weighted by atomic mass is 10.2. The van der Waals surface area contributed by atoms with Crippen molar-refractivity contribution in [3.8, 4) is 0 Å². The largest absolute Gasteiger partial charge is 0.383 e. The molecule has 0 aromatic carbocycles. The third kappa shape index (κ3) is 4.50. The van der Waals surface area contributed by atoms with Crippen molar-refractivity contribution in [3.63, 3.8) is 0 Å². The van der Waals surface area contributed by atoms with Gasteiger partial charge in [0.1, 0.15) is 5.69 Å². The molecular formula is C12H19N3O2. The monoisotopic (exact) mass is 237 g/mol. The number of pyridine rings is 1. The fourth-order valence-corrected chi connectivity index (χ4v) is 1.53. The van der Waals surface area contributed by atoms with Crippen LogP contribution in [0.3, 0.4) is 0 Å². The van der Waals surface area contributed by atoms with Crippen molar-refractivity contribution in [2.75, 3.05) is 20.3 Å². The number of aromatic nitrogens is 1. The standard InChI is InChI=1S/C12H19N3O2/c1-9-4-3-5-11(14-9)12(16)15-10(6-7-13)8-17-2/h3-5,10H,6-8,13H2,1-2H3,(H,15,16). The molecule has 0 aliphatic rings. The highest BCUT2D eigenvalue weighted by atomic mass is 16.5. The normalized spacial score (nSPS) is 12.2. The molecule has 5 heteroatoms. The van der Waals surface area contributed by atoms with Crippen LogP contribution < -0.4 is 11.1 Å². The van der Waals surface area contributed by atoms with Crippen LogP contribution in [0.1, 0.15) is 22.6 Å². The number of methoxy groups -OCH3 is 1. The lowest BCUT2D eigenvalue weighted by Crippen LogP contribution is -2.39. The number of hydrogen-bond acceptors (Lipinski definition) is 4. The molecule has 0 spiro atoms. The average Bonchev–Trinajstić information content (AvgIpc) is 2.29. The Kier molecular flexibility index (Phi) is 5.59. The van der Waals surface area contributed by atoms with Gasteiger partial charge in [-0.05, 0) is 32.0 Å². The molecule has 1 rings (SSSR count). The predicted octanol–water partition coefficient (Wildman–Crippen LogP) is 0.484. The van der Waals surface area contributed by atoms with Gasteiger partial charge in [-0.1, -0.05) is 6.07 Å². The van der Waals surface area contributed by atoms with Crippen molar-refractivity contribution < 1.29 is 9.53 Å². The van der Waals surface area contributed by atoms with Crippen LogP contribution in [0.15, 0.2) is 18.2 Å². The van der Waals surface area contributed by atoms with E-state index in [1.165, 1.54) is 0 Å². The van der Waals surface area contributed by atoms with Gasteiger partial charge in [0, 0.05) is 12.8 Å². The molecule has 0 radical (unpaired) electrons. The topological polar surface area (TPSA) is 77.2 Å². The van der Waals surface area contributed by atoms with E-state index in [2.05, 4.69) is 10.3 Å². The van der Waals surface area contributed by atoms with E-state index >= 15 is 0 Å². The van der Waals surface area contributed by atoms with Crippen molar-refractivity contribution >= 4 is 5.91 Å². The number of amides is 1. The first-order chi connectivity index (χ1) is 8.17. The number of nitrogens with zero attached hydrogens (tertiary/aromatic N) is 1. The van der Waals surface area contributed by atoms with E-state index in [0.29, 0.717) is 25.3 Å². The summed E-state index contributed by atoms with van der Waals surface area (Å²) in [4.78, 5) is 16.0. The van der Waals surface area contributed by atoms with E-state index in [1.54, 1.807) is 13.2 Å². The van der Waals surface area contributed by atoms with Gasteiger partial charge in [-0.25, -0.2) is 4.98 Å². The Morgan fingerprint density at radius 1 is 1.59 bits per heavy atom. The number of nitrogens with one attached hydrogen (secondary N) is 1. The Morgan fingerprint density at radius 3 is 2.94 bits per heavy atom. The number of nitrogens with two attached hydrogens (primary N) is 1. The second-order valence-corrected chi connectivity index (χ2v) is 3.87. The molecule has 1 aromatic heterocycles. The number of carbonyl (C=O) groups excluding carboxylic acids is 1. The summed E-state index contributed by atoms with van der Waals surface area (Å²) in [5.41, 5.74) is 6.71. The van der Waals surface area contributed by atoms with Crippen molar-refractivity contribution in [1.29, 1.82) is 0 Å². The zero-order valence-corrected chi connectivity index (χ0v) is 10.3. The molecular weight excluding hydrogens is 218 g/mol. The number of aryl methyl sites for hydroxylation is 1. The average molecular weight is 237 g/mol. The van der Waals surface area contributed by atoms with Gasteiger partial charge in [-0.3, -0.25) is 4.79 Å². The zero-order chi connectivity index (χ0) is 12.7. The van der Waals surface area contributed by atoms with Crippen molar-refractivity contribution in [3.05, 3.63) is 29.6 Å². The van der Waals surface area contributed by atoms with Crippen molar-refractivity contribution in [2.45, 2.75) is 19.4 Å². The molecule has 3 N–H and O–H groups in total. The summed E-state index contributed by atoms with van der Waals surface area (Å²) in [6, 6.07) is 5.28. The molecule has 94 valence electrons. The second kappa shape index (κ2) is 6.98. The molecule has 0 saturated carbocycles. The third-order valence-electron chi connectivity index (χ3n) is 2.34. The maximum atomic E-state index is 11.9. The molecule has 1 heterocycles. The number of hydrogen-bond donors (Lipinski definition) is 2. The molecule has 1 atom stereocenters. The summed E-state index contributed by atoms with van der Waals surface area (Å²) in [5.74, 6) is -0.191. The maximum Gasteiger partial charge on any atom is 0.270 e. The number of ether oxygens (including phenoxy) is 1. The van der Waals surface area contributed by atoms with Gasteiger partial charge < -0.3 is 15.8 Å². The minimum atomic E-state index is -0.191. The molecule has 0 aliphatic carbocycles. The predicted molar refractivity (Wildman–Crippen MR) is 65.8 cm³/mol. The van der Waals surface area contributed by atoms with Gasteiger partial charge in [0.15, 0.2) is 0 Å². The lowest BCUT2D eigenvalue weighted by molar-refractivity contribution is 0.0888. The summed E-state index contributed by atoms with van der Waals surface area (Å²) in [5, 5.41) is 2.86. The van der Waals surface area contributed by atoms with Gasteiger partial charge in [0.05, 0.1) is 12.6 Å². The van der Waals surface area contributed by atoms with E-state index in [-0.39, 0.29) is 11.9 Å². The molecule has 0 bridgehead atoms. The van der Waals surface area contributed by atoms with Gasteiger partial charge in [-0.15, -0.1) is 0 Å². The van der Waals surface area contributed by atoms with Crippen LogP contribution in [0.2, 0.25) is 0 Å². The van der Waals surface area contributed by atoms with Crippen molar-refractivity contribution in [2.24, 2.45) is 5.73 Å². The molecule has 5 nitrogen and oxygen atoms in total. The van der Waals surface area contributed by atoms with Crippen LogP contribution in [-0.4, -0.2) is 37.2 Å². The summed E-state index contributed by atoms with van der Waals surface area (Å²) in [6.07, 6.45) is 0.686. The summed E-state index contributed by atoms with van der Waals surface area (Å²) >= 11 is 0. The van der Waals surface area contributed by atoms with E-state index in [9.17, 15) is 4.79 Å². The molecule has 0 fully saturated rings. The molecule has 17 heavy (non-hydrogen) atoms. The van der Waals surface area contributed by atoms with Gasteiger partial charge in [0.25, 0.3) is 5.91 Å². The Balaban J connectivity index is 2.63. The van der Waals surface area contributed by atoms with Crippen molar-refractivity contribution in [1.82, 2.24) is 10.3 Å². The molecule has 0 saturated heterocycles. The van der Waals surface area contributed by atoms with Crippen LogP contribution in [0.5, 0.6) is 0 Å². The van der Waals surface area contributed by atoms with Crippen LogP contribution >= 0.6 is 0 Å². The molecule has 0 aliphatic heterocycles. The molecule has 1 amide bonds.